The summed E-state index contributed by atoms with van der Waals surface area (Å²) < 4.78 is 16.4. The number of hydrogen-bond acceptors (Lipinski definition) is 5. The molecular weight excluding hydrogens is 258 g/mol. The van der Waals surface area contributed by atoms with Crippen LogP contribution in [0.5, 0.6) is 0 Å². The van der Waals surface area contributed by atoms with Crippen LogP contribution < -0.4 is 5.32 Å². The van der Waals surface area contributed by atoms with Crippen LogP contribution >= 0.6 is 0 Å². The quantitative estimate of drug-likeness (QED) is 0.572. The van der Waals surface area contributed by atoms with Gasteiger partial charge in [-0.05, 0) is 53.5 Å². The van der Waals surface area contributed by atoms with Crippen molar-refractivity contribution in [2.24, 2.45) is 0 Å². The molecule has 1 aliphatic heterocycles. The Morgan fingerprint density at radius 1 is 1.35 bits per heavy atom. The molecule has 0 radical (unpaired) electrons. The number of nitrogens with one attached hydrogen (secondary N) is 1. The van der Waals surface area contributed by atoms with Gasteiger partial charge in [0.1, 0.15) is 5.54 Å². The zero-order chi connectivity index (χ0) is 15.2. The summed E-state index contributed by atoms with van der Waals surface area (Å²) in [6.07, 6.45) is 4.22. The lowest BCUT2D eigenvalue weighted by Gasteiger charge is -2.32. The van der Waals surface area contributed by atoms with E-state index in [1.54, 1.807) is 7.05 Å². The Morgan fingerprint density at radius 3 is 2.45 bits per heavy atom. The number of hydrogen-bond donors (Lipinski definition) is 1. The molecule has 0 saturated carbocycles. The molecule has 1 heterocycles. The number of ether oxygens (including phenoxy) is 3. The Kier molecular flexibility index (Phi) is 6.92. The van der Waals surface area contributed by atoms with E-state index in [1.807, 2.05) is 6.92 Å². The van der Waals surface area contributed by atoms with Crippen molar-refractivity contribution in [3.8, 4) is 0 Å². The second kappa shape index (κ2) is 7.96. The molecule has 0 aromatic rings. The molecule has 1 fully saturated rings. The van der Waals surface area contributed by atoms with Gasteiger partial charge in [-0.25, -0.2) is 0 Å². The van der Waals surface area contributed by atoms with Crippen molar-refractivity contribution in [1.82, 2.24) is 5.32 Å². The monoisotopic (exact) mass is 287 g/mol. The molecule has 0 amide bonds. The minimum absolute atomic E-state index is 0.228. The highest BCUT2D eigenvalue weighted by Crippen LogP contribution is 2.22. The van der Waals surface area contributed by atoms with Gasteiger partial charge in [-0.2, -0.15) is 0 Å². The highest BCUT2D eigenvalue weighted by atomic mass is 16.5. The summed E-state index contributed by atoms with van der Waals surface area (Å²) >= 11 is 0. The van der Waals surface area contributed by atoms with Crippen LogP contribution in [-0.4, -0.2) is 50.6 Å². The summed E-state index contributed by atoms with van der Waals surface area (Å²) in [5.74, 6) is -0.228. The lowest BCUT2D eigenvalue weighted by molar-refractivity contribution is -0.148. The molecule has 1 N–H and O–H groups in total. The maximum Gasteiger partial charge on any atom is 0.325 e. The zero-order valence-corrected chi connectivity index (χ0v) is 13.4. The molecule has 0 bridgehead atoms. The second-order valence-corrected chi connectivity index (χ2v) is 5.90. The van der Waals surface area contributed by atoms with Crippen LogP contribution in [0.3, 0.4) is 0 Å². The van der Waals surface area contributed by atoms with Gasteiger partial charge in [0.15, 0.2) is 0 Å². The van der Waals surface area contributed by atoms with Gasteiger partial charge < -0.3 is 19.5 Å². The fourth-order valence-corrected chi connectivity index (χ4v) is 2.71. The highest BCUT2D eigenvalue weighted by molar-refractivity contribution is 5.80. The van der Waals surface area contributed by atoms with Crippen LogP contribution in [0.2, 0.25) is 0 Å². The summed E-state index contributed by atoms with van der Waals surface area (Å²) in [5, 5.41) is 3.03. The van der Waals surface area contributed by atoms with Crippen LogP contribution in [0.15, 0.2) is 0 Å². The molecule has 3 atom stereocenters. The molecule has 0 aromatic carbocycles. The lowest BCUT2D eigenvalue weighted by Crippen LogP contribution is -2.48. The van der Waals surface area contributed by atoms with Crippen molar-refractivity contribution < 1.29 is 19.0 Å². The number of esters is 1. The number of methoxy groups -OCH3 is 1. The summed E-state index contributed by atoms with van der Waals surface area (Å²) in [6, 6.07) is 0. The molecular formula is C15H29NO4. The van der Waals surface area contributed by atoms with Crippen LogP contribution in [0.4, 0.5) is 0 Å². The van der Waals surface area contributed by atoms with Gasteiger partial charge in [-0.1, -0.05) is 0 Å². The summed E-state index contributed by atoms with van der Waals surface area (Å²) in [6.45, 7) is 6.69. The van der Waals surface area contributed by atoms with E-state index < -0.39 is 5.54 Å². The molecule has 0 aromatic heterocycles. The number of likely N-dealkylation sites (N-methyl/N-ethyl adjacent to an activating group) is 1. The molecule has 20 heavy (non-hydrogen) atoms. The zero-order valence-electron chi connectivity index (χ0n) is 13.4. The first-order valence-corrected chi connectivity index (χ1v) is 7.45. The van der Waals surface area contributed by atoms with E-state index in [1.165, 1.54) is 7.11 Å². The third-order valence-corrected chi connectivity index (χ3v) is 4.02. The van der Waals surface area contributed by atoms with Gasteiger partial charge in [0.05, 0.1) is 25.4 Å². The van der Waals surface area contributed by atoms with Gasteiger partial charge in [-0.3, -0.25) is 4.79 Å². The number of carbonyl (C=O) groups excluding carboxylic acids is 1. The van der Waals surface area contributed by atoms with Gasteiger partial charge in [0, 0.05) is 6.61 Å². The standard InChI is InChI=1S/C15H29NO4/c1-11-9-13(10-12(2)20-11)19-8-6-7-15(3,16-4)14(17)18-5/h11-13,16H,6-10H2,1-5H3. The average molecular weight is 287 g/mol. The predicted molar refractivity (Wildman–Crippen MR) is 77.7 cm³/mol. The minimum atomic E-state index is -0.631. The maximum absolute atomic E-state index is 11.7. The number of carbonyl (C=O) groups is 1. The Balaban J connectivity index is 2.28. The fraction of sp³-hybridized carbons (Fsp3) is 0.933. The van der Waals surface area contributed by atoms with Gasteiger partial charge in [-0.15, -0.1) is 0 Å². The molecule has 1 aliphatic rings. The van der Waals surface area contributed by atoms with Crippen molar-refractivity contribution in [3.63, 3.8) is 0 Å². The Labute approximate surface area is 122 Å². The minimum Gasteiger partial charge on any atom is -0.468 e. The smallest absolute Gasteiger partial charge is 0.325 e. The van der Waals surface area contributed by atoms with Crippen molar-refractivity contribution in [2.75, 3.05) is 20.8 Å². The van der Waals surface area contributed by atoms with Crippen LogP contribution in [0.1, 0.15) is 46.5 Å². The Hall–Kier alpha value is -0.650. The molecule has 1 saturated heterocycles. The average Bonchev–Trinajstić information content (AvgIpc) is 2.41. The fourth-order valence-electron chi connectivity index (χ4n) is 2.71. The molecule has 1 rings (SSSR count). The second-order valence-electron chi connectivity index (χ2n) is 5.90. The molecule has 5 heteroatoms. The third kappa shape index (κ3) is 5.04. The maximum atomic E-state index is 11.7. The first-order chi connectivity index (χ1) is 9.41. The Morgan fingerprint density at radius 2 is 1.95 bits per heavy atom. The lowest BCUT2D eigenvalue weighted by atomic mass is 9.96. The van der Waals surface area contributed by atoms with Crippen molar-refractivity contribution in [2.45, 2.75) is 70.3 Å². The first kappa shape index (κ1) is 17.4. The Bertz CT molecular complexity index is 300. The van der Waals surface area contributed by atoms with Gasteiger partial charge >= 0.3 is 5.97 Å². The topological polar surface area (TPSA) is 56.8 Å². The van der Waals surface area contributed by atoms with E-state index in [4.69, 9.17) is 14.2 Å². The van der Waals surface area contributed by atoms with Crippen molar-refractivity contribution in [1.29, 1.82) is 0 Å². The molecule has 5 nitrogen and oxygen atoms in total. The van der Waals surface area contributed by atoms with Crippen LogP contribution in [0.25, 0.3) is 0 Å². The van der Waals surface area contributed by atoms with Crippen molar-refractivity contribution in [3.05, 3.63) is 0 Å². The molecule has 118 valence electrons. The summed E-state index contributed by atoms with van der Waals surface area (Å²) in [4.78, 5) is 11.7. The van der Waals surface area contributed by atoms with Gasteiger partial charge in [0.25, 0.3) is 0 Å². The molecule has 3 unspecified atom stereocenters. The van der Waals surface area contributed by atoms with E-state index in [9.17, 15) is 4.79 Å². The van der Waals surface area contributed by atoms with Crippen molar-refractivity contribution >= 4 is 5.97 Å². The van der Waals surface area contributed by atoms with Crippen LogP contribution in [-0.2, 0) is 19.0 Å². The SMILES string of the molecule is CNC(C)(CCCOC1CC(C)OC(C)C1)C(=O)OC. The third-order valence-electron chi connectivity index (χ3n) is 4.02. The predicted octanol–water partition coefficient (Wildman–Crippen LogP) is 1.89. The molecule has 0 aliphatic carbocycles. The van der Waals surface area contributed by atoms with E-state index in [0.29, 0.717) is 13.0 Å². The summed E-state index contributed by atoms with van der Waals surface area (Å²) in [7, 11) is 3.19. The van der Waals surface area contributed by atoms with Gasteiger partial charge in [0.2, 0.25) is 0 Å². The normalized spacial score (nSPS) is 29.8. The molecule has 0 spiro atoms. The largest absolute Gasteiger partial charge is 0.468 e. The van der Waals surface area contributed by atoms with E-state index in [2.05, 4.69) is 19.2 Å². The first-order valence-electron chi connectivity index (χ1n) is 7.45. The van der Waals surface area contributed by atoms with Crippen LogP contribution in [0, 0.1) is 0 Å². The van der Waals surface area contributed by atoms with E-state index >= 15 is 0 Å². The summed E-state index contributed by atoms with van der Waals surface area (Å²) in [5.41, 5.74) is -0.631. The number of rotatable bonds is 7. The van der Waals surface area contributed by atoms with E-state index in [-0.39, 0.29) is 24.3 Å². The van der Waals surface area contributed by atoms with E-state index in [0.717, 1.165) is 19.3 Å². The highest BCUT2D eigenvalue weighted by Gasteiger charge is 2.32.